The van der Waals surface area contributed by atoms with E-state index in [0.717, 1.165) is 18.4 Å². The van der Waals surface area contributed by atoms with E-state index in [4.69, 9.17) is 16.2 Å². The predicted octanol–water partition coefficient (Wildman–Crippen LogP) is 3.87. The fourth-order valence-corrected chi connectivity index (χ4v) is 1.66. The Balaban J connectivity index is 2.89. The van der Waals surface area contributed by atoms with E-state index in [9.17, 15) is 0 Å². The molecule has 1 unspecified atom stereocenters. The summed E-state index contributed by atoms with van der Waals surface area (Å²) in [7, 11) is 0. The zero-order chi connectivity index (χ0) is 9.73. The molecule has 0 heterocycles. The highest BCUT2D eigenvalue weighted by atomic mass is 35.5. The van der Waals surface area contributed by atoms with Gasteiger partial charge >= 0.3 is 0 Å². The summed E-state index contributed by atoms with van der Waals surface area (Å²) in [6, 6.07) is 10.1. The van der Waals surface area contributed by atoms with Gasteiger partial charge in [0.05, 0.1) is 11.9 Å². The fraction of sp³-hybridized carbons (Fsp3) is 0.455. The summed E-state index contributed by atoms with van der Waals surface area (Å²) in [6.45, 7) is 4.13. The molecule has 0 bridgehead atoms. The Morgan fingerprint density at radius 2 is 1.92 bits per heavy atom. The molecule has 0 spiro atoms. The lowest BCUT2D eigenvalue weighted by Crippen LogP contribution is -2.21. The second-order valence-electron chi connectivity index (χ2n) is 3.42. The van der Waals surface area contributed by atoms with E-state index < -0.39 is 0 Å². The van der Waals surface area contributed by atoms with Crippen LogP contribution in [0.4, 0.5) is 0 Å². The molecule has 2 heteroatoms. The van der Waals surface area contributed by atoms with Crippen LogP contribution < -0.4 is 0 Å². The van der Waals surface area contributed by atoms with Gasteiger partial charge in [0.1, 0.15) is 5.60 Å². The maximum atomic E-state index is 5.52. The Bertz CT molecular complexity index is 248. The molecular weight excluding hydrogens is 184 g/mol. The molecule has 1 atom stereocenters. The largest absolute Gasteiger partial charge is 0.268 e. The Morgan fingerprint density at radius 1 is 1.31 bits per heavy atom. The van der Waals surface area contributed by atoms with Crippen molar-refractivity contribution in [3.8, 4) is 0 Å². The molecule has 0 aliphatic rings. The molecule has 0 aliphatic carbocycles. The lowest BCUT2D eigenvalue weighted by Gasteiger charge is -2.25. The van der Waals surface area contributed by atoms with E-state index in [2.05, 4.69) is 6.92 Å². The zero-order valence-corrected chi connectivity index (χ0v) is 8.84. The van der Waals surface area contributed by atoms with Gasteiger partial charge in [-0.15, -0.1) is 0 Å². The van der Waals surface area contributed by atoms with Crippen LogP contribution >= 0.6 is 11.9 Å². The van der Waals surface area contributed by atoms with Gasteiger partial charge in [-0.05, 0) is 18.9 Å². The van der Waals surface area contributed by atoms with Crippen LogP contribution in [0.2, 0.25) is 0 Å². The Morgan fingerprint density at radius 3 is 2.38 bits per heavy atom. The maximum absolute atomic E-state index is 5.52. The highest BCUT2D eigenvalue weighted by molar-refractivity contribution is 6.07. The topological polar surface area (TPSA) is 9.23 Å². The maximum Gasteiger partial charge on any atom is 0.112 e. The van der Waals surface area contributed by atoms with Crippen molar-refractivity contribution >= 4 is 11.9 Å². The predicted molar refractivity (Wildman–Crippen MR) is 55.6 cm³/mol. The summed E-state index contributed by atoms with van der Waals surface area (Å²) in [6.07, 6.45) is 1.98. The molecule has 0 fully saturated rings. The van der Waals surface area contributed by atoms with Gasteiger partial charge in [-0.2, -0.15) is 0 Å². The molecule has 1 nitrogen and oxygen atoms in total. The number of benzene rings is 1. The molecule has 0 saturated carbocycles. The molecule has 13 heavy (non-hydrogen) atoms. The molecule has 0 amide bonds. The van der Waals surface area contributed by atoms with Crippen LogP contribution in [0.1, 0.15) is 32.3 Å². The molecule has 1 rings (SSSR count). The molecule has 72 valence electrons. The van der Waals surface area contributed by atoms with Crippen molar-refractivity contribution in [3.63, 3.8) is 0 Å². The summed E-state index contributed by atoms with van der Waals surface area (Å²) in [5.41, 5.74) is 0.782. The summed E-state index contributed by atoms with van der Waals surface area (Å²) in [5, 5.41) is 0. The van der Waals surface area contributed by atoms with Crippen molar-refractivity contribution in [2.45, 2.75) is 32.3 Å². The van der Waals surface area contributed by atoms with Crippen LogP contribution in [0.15, 0.2) is 30.3 Å². The normalized spacial score (nSPS) is 15.3. The molecule has 0 saturated heterocycles. The lowest BCUT2D eigenvalue weighted by molar-refractivity contribution is 0.0898. The highest BCUT2D eigenvalue weighted by Gasteiger charge is 2.26. The third-order valence-corrected chi connectivity index (χ3v) is 2.62. The van der Waals surface area contributed by atoms with E-state index in [-0.39, 0.29) is 5.60 Å². The second kappa shape index (κ2) is 4.64. The van der Waals surface area contributed by atoms with Crippen LogP contribution in [0, 0.1) is 0 Å². The van der Waals surface area contributed by atoms with Gasteiger partial charge in [0.2, 0.25) is 0 Å². The van der Waals surface area contributed by atoms with Gasteiger partial charge in [-0.3, -0.25) is 4.29 Å². The van der Waals surface area contributed by atoms with E-state index in [1.54, 1.807) is 0 Å². The number of halogens is 1. The van der Waals surface area contributed by atoms with Crippen LogP contribution in [-0.4, -0.2) is 0 Å². The van der Waals surface area contributed by atoms with Crippen molar-refractivity contribution in [1.29, 1.82) is 0 Å². The molecule has 1 aromatic carbocycles. The third kappa shape index (κ3) is 2.45. The Hall–Kier alpha value is -0.530. The van der Waals surface area contributed by atoms with E-state index in [1.807, 2.05) is 37.3 Å². The highest BCUT2D eigenvalue weighted by Crippen LogP contribution is 2.31. The van der Waals surface area contributed by atoms with Crippen molar-refractivity contribution in [1.82, 2.24) is 0 Å². The van der Waals surface area contributed by atoms with Crippen molar-refractivity contribution in [2.75, 3.05) is 0 Å². The number of hydrogen-bond donors (Lipinski definition) is 0. The molecule has 1 aromatic rings. The summed E-state index contributed by atoms with van der Waals surface area (Å²) >= 11 is 5.52. The van der Waals surface area contributed by atoms with Gasteiger partial charge in [-0.1, -0.05) is 43.7 Å². The van der Waals surface area contributed by atoms with Crippen LogP contribution in [-0.2, 0) is 9.89 Å². The molecular formula is C11H15ClO. The summed E-state index contributed by atoms with van der Waals surface area (Å²) in [4.78, 5) is 0. The minimum Gasteiger partial charge on any atom is -0.268 e. The standard InChI is InChI=1S/C11H15ClO/c1-3-9-11(2,13-12)10-7-5-4-6-8-10/h4-8H,3,9H2,1-2H3. The fourth-order valence-electron chi connectivity index (χ4n) is 1.50. The first-order chi connectivity index (χ1) is 6.23. The quantitative estimate of drug-likeness (QED) is 0.714. The zero-order valence-electron chi connectivity index (χ0n) is 8.09. The lowest BCUT2D eigenvalue weighted by atomic mass is 9.92. The summed E-state index contributed by atoms with van der Waals surface area (Å²) < 4.78 is 5.04. The number of hydrogen-bond acceptors (Lipinski definition) is 1. The van der Waals surface area contributed by atoms with Gasteiger partial charge in [0.15, 0.2) is 0 Å². The minimum absolute atomic E-state index is 0.350. The van der Waals surface area contributed by atoms with Crippen LogP contribution in [0.25, 0.3) is 0 Å². The smallest absolute Gasteiger partial charge is 0.112 e. The van der Waals surface area contributed by atoms with E-state index in [1.165, 1.54) is 0 Å². The average Bonchev–Trinajstić information content (AvgIpc) is 2.19. The monoisotopic (exact) mass is 198 g/mol. The van der Waals surface area contributed by atoms with E-state index >= 15 is 0 Å². The van der Waals surface area contributed by atoms with Gasteiger partial charge < -0.3 is 0 Å². The first-order valence-electron chi connectivity index (χ1n) is 4.58. The Kier molecular flexibility index (Phi) is 3.76. The van der Waals surface area contributed by atoms with Crippen LogP contribution in [0.5, 0.6) is 0 Å². The molecule has 0 aromatic heterocycles. The molecule has 0 radical (unpaired) electrons. The minimum atomic E-state index is -0.350. The summed E-state index contributed by atoms with van der Waals surface area (Å²) in [5.74, 6) is 0. The SMILES string of the molecule is CCCC(C)(OCl)c1ccccc1. The first-order valence-corrected chi connectivity index (χ1v) is 4.89. The molecule has 0 N–H and O–H groups in total. The van der Waals surface area contributed by atoms with Crippen molar-refractivity contribution in [3.05, 3.63) is 35.9 Å². The third-order valence-electron chi connectivity index (χ3n) is 2.28. The Labute approximate surface area is 84.8 Å². The second-order valence-corrected chi connectivity index (χ2v) is 3.58. The van der Waals surface area contributed by atoms with Gasteiger partial charge in [0, 0.05) is 0 Å². The average molecular weight is 199 g/mol. The van der Waals surface area contributed by atoms with Gasteiger partial charge in [0.25, 0.3) is 0 Å². The van der Waals surface area contributed by atoms with Crippen molar-refractivity contribution in [2.24, 2.45) is 0 Å². The van der Waals surface area contributed by atoms with Gasteiger partial charge in [-0.25, -0.2) is 0 Å². The van der Waals surface area contributed by atoms with Crippen molar-refractivity contribution < 1.29 is 4.29 Å². The molecule has 0 aliphatic heterocycles. The van der Waals surface area contributed by atoms with Crippen LogP contribution in [0.3, 0.4) is 0 Å². The first kappa shape index (κ1) is 10.6. The number of rotatable bonds is 4. The van der Waals surface area contributed by atoms with E-state index in [0.29, 0.717) is 0 Å².